The van der Waals surface area contributed by atoms with E-state index in [1.165, 1.54) is 19.5 Å². The smallest absolute Gasteiger partial charge is 0.340 e. The standard InChI is InChI=1S/C13H16N6O2/c1-7-17-11(15-2)10(14)12(18-7)19-9-6-16-5-4-8(9)13(20)21-3/h4-6H,14H2,1-3H3,(H2,15,17,18,19). The van der Waals surface area contributed by atoms with Crippen LogP contribution in [0.3, 0.4) is 0 Å². The first kappa shape index (κ1) is 14.5. The van der Waals surface area contributed by atoms with Gasteiger partial charge in [-0.2, -0.15) is 0 Å². The fourth-order valence-corrected chi connectivity index (χ4v) is 1.78. The molecule has 2 aromatic rings. The molecule has 0 aliphatic heterocycles. The van der Waals surface area contributed by atoms with Crippen LogP contribution in [0.1, 0.15) is 16.2 Å². The molecule has 2 heterocycles. The number of aryl methyl sites for hydroxylation is 1. The minimum Gasteiger partial charge on any atom is -0.465 e. The molecular formula is C13H16N6O2. The lowest BCUT2D eigenvalue weighted by atomic mass is 10.2. The average Bonchev–Trinajstić information content (AvgIpc) is 2.50. The van der Waals surface area contributed by atoms with Gasteiger partial charge in [0.15, 0.2) is 11.6 Å². The number of nitrogens with two attached hydrogens (primary N) is 1. The molecule has 0 aromatic carbocycles. The molecular weight excluding hydrogens is 272 g/mol. The van der Waals surface area contributed by atoms with Crippen molar-refractivity contribution in [2.45, 2.75) is 6.92 Å². The van der Waals surface area contributed by atoms with Crippen molar-refractivity contribution >= 4 is 29.0 Å². The van der Waals surface area contributed by atoms with E-state index in [2.05, 4.69) is 25.6 Å². The van der Waals surface area contributed by atoms with E-state index in [1.54, 1.807) is 20.0 Å². The van der Waals surface area contributed by atoms with Crippen LogP contribution < -0.4 is 16.4 Å². The van der Waals surface area contributed by atoms with Gasteiger partial charge in [-0.25, -0.2) is 14.8 Å². The molecule has 4 N–H and O–H groups in total. The quantitative estimate of drug-likeness (QED) is 0.722. The molecule has 110 valence electrons. The number of nitrogens with zero attached hydrogens (tertiary/aromatic N) is 3. The van der Waals surface area contributed by atoms with E-state index in [0.29, 0.717) is 34.4 Å². The monoisotopic (exact) mass is 288 g/mol. The molecule has 2 rings (SSSR count). The Hall–Kier alpha value is -2.90. The van der Waals surface area contributed by atoms with Crippen LogP contribution >= 0.6 is 0 Å². The van der Waals surface area contributed by atoms with E-state index in [1.807, 2.05) is 0 Å². The normalized spacial score (nSPS) is 10.0. The lowest BCUT2D eigenvalue weighted by Crippen LogP contribution is -2.10. The van der Waals surface area contributed by atoms with E-state index >= 15 is 0 Å². The maximum Gasteiger partial charge on any atom is 0.340 e. The van der Waals surface area contributed by atoms with E-state index < -0.39 is 5.97 Å². The van der Waals surface area contributed by atoms with Crippen LogP contribution in [0.5, 0.6) is 0 Å². The number of hydrogen-bond donors (Lipinski definition) is 3. The van der Waals surface area contributed by atoms with Crippen LogP contribution in [-0.2, 0) is 4.74 Å². The highest BCUT2D eigenvalue weighted by atomic mass is 16.5. The fourth-order valence-electron chi connectivity index (χ4n) is 1.78. The molecule has 0 spiro atoms. The highest BCUT2D eigenvalue weighted by Crippen LogP contribution is 2.27. The summed E-state index contributed by atoms with van der Waals surface area (Å²) in [6.45, 7) is 1.75. The third kappa shape index (κ3) is 2.99. The fraction of sp³-hybridized carbons (Fsp3) is 0.231. The first-order chi connectivity index (χ1) is 10.1. The van der Waals surface area contributed by atoms with Gasteiger partial charge in [0.2, 0.25) is 0 Å². The summed E-state index contributed by atoms with van der Waals surface area (Å²) in [6.07, 6.45) is 3.01. The molecule has 0 aliphatic rings. The molecule has 0 aliphatic carbocycles. The Kier molecular flexibility index (Phi) is 4.17. The van der Waals surface area contributed by atoms with Crippen LogP contribution in [0.2, 0.25) is 0 Å². The third-order valence-electron chi connectivity index (χ3n) is 2.77. The summed E-state index contributed by atoms with van der Waals surface area (Å²) in [5, 5.41) is 5.88. The van der Waals surface area contributed by atoms with Gasteiger partial charge in [-0.15, -0.1) is 0 Å². The second kappa shape index (κ2) is 6.04. The van der Waals surface area contributed by atoms with Gasteiger partial charge >= 0.3 is 5.97 Å². The van der Waals surface area contributed by atoms with Gasteiger partial charge in [0, 0.05) is 13.2 Å². The van der Waals surface area contributed by atoms with Crippen molar-refractivity contribution in [1.82, 2.24) is 15.0 Å². The number of nitrogens with one attached hydrogen (secondary N) is 2. The summed E-state index contributed by atoms with van der Waals surface area (Å²) in [5.74, 6) is 0.969. The summed E-state index contributed by atoms with van der Waals surface area (Å²) in [5.41, 5.74) is 7.13. The summed E-state index contributed by atoms with van der Waals surface area (Å²) in [4.78, 5) is 24.1. The largest absolute Gasteiger partial charge is 0.465 e. The summed E-state index contributed by atoms with van der Waals surface area (Å²) in [6, 6.07) is 1.55. The minimum atomic E-state index is -0.474. The van der Waals surface area contributed by atoms with Crippen molar-refractivity contribution < 1.29 is 9.53 Å². The number of carbonyl (C=O) groups is 1. The molecule has 8 heteroatoms. The van der Waals surface area contributed by atoms with Crippen molar-refractivity contribution in [3.8, 4) is 0 Å². The number of ether oxygens (including phenoxy) is 1. The van der Waals surface area contributed by atoms with Crippen molar-refractivity contribution in [3.63, 3.8) is 0 Å². The molecule has 0 radical (unpaired) electrons. The van der Waals surface area contributed by atoms with Gasteiger partial charge in [-0.05, 0) is 13.0 Å². The van der Waals surface area contributed by atoms with Gasteiger partial charge in [-0.1, -0.05) is 0 Å². The van der Waals surface area contributed by atoms with E-state index in [9.17, 15) is 4.79 Å². The molecule has 21 heavy (non-hydrogen) atoms. The van der Waals surface area contributed by atoms with E-state index in [-0.39, 0.29) is 0 Å². The second-order valence-electron chi connectivity index (χ2n) is 4.17. The number of esters is 1. The number of nitrogen functional groups attached to an aromatic ring is 1. The number of methoxy groups -OCH3 is 1. The molecule has 0 saturated carbocycles. The van der Waals surface area contributed by atoms with Gasteiger partial charge in [-0.3, -0.25) is 4.98 Å². The predicted octanol–water partition coefficient (Wildman–Crippen LogP) is 1.33. The van der Waals surface area contributed by atoms with Gasteiger partial charge in [0.05, 0.1) is 24.6 Å². The number of rotatable bonds is 4. The Bertz CT molecular complexity index is 674. The highest BCUT2D eigenvalue weighted by Gasteiger charge is 2.15. The zero-order valence-electron chi connectivity index (χ0n) is 12.0. The lowest BCUT2D eigenvalue weighted by molar-refractivity contribution is 0.0602. The number of aromatic nitrogens is 3. The molecule has 0 bridgehead atoms. The Balaban J connectivity index is 2.44. The van der Waals surface area contributed by atoms with Crippen LogP contribution in [-0.4, -0.2) is 35.1 Å². The first-order valence-electron chi connectivity index (χ1n) is 6.18. The number of pyridine rings is 1. The van der Waals surface area contributed by atoms with Crippen molar-refractivity contribution in [2.24, 2.45) is 0 Å². The van der Waals surface area contributed by atoms with Gasteiger partial charge in [0.25, 0.3) is 0 Å². The zero-order chi connectivity index (χ0) is 15.4. The number of hydrogen-bond acceptors (Lipinski definition) is 8. The maximum absolute atomic E-state index is 11.7. The third-order valence-corrected chi connectivity index (χ3v) is 2.77. The molecule has 0 saturated heterocycles. The molecule has 0 unspecified atom stereocenters. The molecule has 2 aromatic heterocycles. The molecule has 0 amide bonds. The van der Waals surface area contributed by atoms with Crippen LogP contribution in [0.4, 0.5) is 23.0 Å². The van der Waals surface area contributed by atoms with Crippen molar-refractivity contribution in [3.05, 3.63) is 29.8 Å². The Labute approximate surface area is 121 Å². The Morgan fingerprint density at radius 3 is 2.71 bits per heavy atom. The molecule has 8 nitrogen and oxygen atoms in total. The van der Waals surface area contributed by atoms with Crippen molar-refractivity contribution in [2.75, 3.05) is 30.5 Å². The maximum atomic E-state index is 11.7. The second-order valence-corrected chi connectivity index (χ2v) is 4.17. The topological polar surface area (TPSA) is 115 Å². The predicted molar refractivity (Wildman–Crippen MR) is 79.6 cm³/mol. The number of carbonyl (C=O) groups excluding carboxylic acids is 1. The minimum absolute atomic E-state index is 0.342. The zero-order valence-corrected chi connectivity index (χ0v) is 12.0. The molecule has 0 atom stereocenters. The van der Waals surface area contributed by atoms with Crippen LogP contribution in [0, 0.1) is 6.92 Å². The van der Waals surface area contributed by atoms with Crippen LogP contribution in [0.15, 0.2) is 18.5 Å². The van der Waals surface area contributed by atoms with Crippen LogP contribution in [0.25, 0.3) is 0 Å². The summed E-state index contributed by atoms with van der Waals surface area (Å²) >= 11 is 0. The average molecular weight is 288 g/mol. The molecule has 0 fully saturated rings. The van der Waals surface area contributed by atoms with Crippen molar-refractivity contribution in [1.29, 1.82) is 0 Å². The lowest BCUT2D eigenvalue weighted by Gasteiger charge is -2.13. The Morgan fingerprint density at radius 2 is 2.05 bits per heavy atom. The summed E-state index contributed by atoms with van der Waals surface area (Å²) in [7, 11) is 3.03. The van der Waals surface area contributed by atoms with Gasteiger partial charge < -0.3 is 21.1 Å². The van der Waals surface area contributed by atoms with E-state index in [4.69, 9.17) is 10.5 Å². The van der Waals surface area contributed by atoms with E-state index in [0.717, 1.165) is 0 Å². The first-order valence-corrected chi connectivity index (χ1v) is 6.18. The highest BCUT2D eigenvalue weighted by molar-refractivity contribution is 5.96. The summed E-state index contributed by atoms with van der Waals surface area (Å²) < 4.78 is 4.73. The Morgan fingerprint density at radius 1 is 1.33 bits per heavy atom. The van der Waals surface area contributed by atoms with Gasteiger partial charge in [0.1, 0.15) is 11.5 Å². The SMILES string of the molecule is CNc1nc(C)nc(Nc2cnccc2C(=O)OC)c1N. The number of anilines is 4.